The third kappa shape index (κ3) is 4.50. The number of hydrogen-bond acceptors (Lipinski definition) is 5. The smallest absolute Gasteiger partial charge is 0.136 e. The molecule has 0 saturated heterocycles. The summed E-state index contributed by atoms with van der Waals surface area (Å²) >= 11 is 3.43. The Kier molecular flexibility index (Phi) is 4.83. The second-order valence-electron chi connectivity index (χ2n) is 5.03. The summed E-state index contributed by atoms with van der Waals surface area (Å²) in [6, 6.07) is 13.8. The first-order valence-electron chi connectivity index (χ1n) is 7.20. The van der Waals surface area contributed by atoms with Crippen molar-refractivity contribution in [2.75, 3.05) is 10.6 Å². The molecule has 0 unspecified atom stereocenters. The van der Waals surface area contributed by atoms with Gasteiger partial charge in [0.05, 0.1) is 0 Å². The molecule has 0 aliphatic carbocycles. The first-order chi connectivity index (χ1) is 11.2. The molecule has 3 rings (SSSR count). The average Bonchev–Trinajstić information content (AvgIpc) is 2.56. The average molecular weight is 370 g/mol. The van der Waals surface area contributed by atoms with E-state index in [1.54, 1.807) is 6.20 Å². The van der Waals surface area contributed by atoms with E-state index >= 15 is 0 Å². The molecule has 1 aromatic carbocycles. The van der Waals surface area contributed by atoms with E-state index in [0.717, 1.165) is 27.4 Å². The van der Waals surface area contributed by atoms with Gasteiger partial charge in [0.1, 0.15) is 17.5 Å². The lowest BCUT2D eigenvalue weighted by atomic mass is 10.3. The topological polar surface area (TPSA) is 62.7 Å². The summed E-state index contributed by atoms with van der Waals surface area (Å²) in [4.78, 5) is 12.9. The lowest BCUT2D eigenvalue weighted by Crippen LogP contribution is -2.05. The molecular weight excluding hydrogens is 354 g/mol. The molecule has 2 aromatic heterocycles. The minimum atomic E-state index is 0.669. The molecule has 23 heavy (non-hydrogen) atoms. The van der Waals surface area contributed by atoms with E-state index < -0.39 is 0 Å². The second-order valence-corrected chi connectivity index (χ2v) is 5.95. The van der Waals surface area contributed by atoms with Crippen molar-refractivity contribution in [2.45, 2.75) is 13.5 Å². The fraction of sp³-hybridized carbons (Fsp3) is 0.118. The van der Waals surface area contributed by atoms with Crippen LogP contribution in [-0.4, -0.2) is 15.0 Å². The van der Waals surface area contributed by atoms with Crippen LogP contribution in [0.15, 0.2) is 59.3 Å². The third-order valence-electron chi connectivity index (χ3n) is 3.15. The molecule has 2 heterocycles. The Morgan fingerprint density at radius 3 is 2.57 bits per heavy atom. The van der Waals surface area contributed by atoms with Gasteiger partial charge in [-0.3, -0.25) is 4.98 Å². The van der Waals surface area contributed by atoms with E-state index in [1.807, 2.05) is 55.6 Å². The van der Waals surface area contributed by atoms with Gasteiger partial charge in [-0.05, 0) is 42.8 Å². The number of rotatable bonds is 5. The van der Waals surface area contributed by atoms with Gasteiger partial charge in [-0.15, -0.1) is 0 Å². The molecule has 5 nitrogen and oxygen atoms in total. The zero-order valence-electron chi connectivity index (χ0n) is 12.6. The van der Waals surface area contributed by atoms with Crippen LogP contribution in [-0.2, 0) is 6.54 Å². The van der Waals surface area contributed by atoms with Crippen molar-refractivity contribution in [1.82, 2.24) is 15.0 Å². The highest BCUT2D eigenvalue weighted by molar-refractivity contribution is 9.10. The number of hydrogen-bond donors (Lipinski definition) is 2. The maximum Gasteiger partial charge on any atom is 0.136 e. The van der Waals surface area contributed by atoms with Crippen molar-refractivity contribution in [2.24, 2.45) is 0 Å². The van der Waals surface area contributed by atoms with Gasteiger partial charge in [-0.1, -0.05) is 22.0 Å². The van der Waals surface area contributed by atoms with Gasteiger partial charge in [0.25, 0.3) is 0 Å². The SMILES string of the molecule is Cc1nc(NCc2cccnc2)cc(Nc2ccc(Br)cc2)n1. The predicted molar refractivity (Wildman–Crippen MR) is 95.8 cm³/mol. The number of aryl methyl sites for hydroxylation is 1. The van der Waals surface area contributed by atoms with Crippen LogP contribution >= 0.6 is 15.9 Å². The van der Waals surface area contributed by atoms with Crippen LogP contribution in [0.4, 0.5) is 17.3 Å². The summed E-state index contributed by atoms with van der Waals surface area (Å²) < 4.78 is 1.04. The molecule has 0 aliphatic heterocycles. The molecule has 0 saturated carbocycles. The van der Waals surface area contributed by atoms with Crippen LogP contribution in [0, 0.1) is 6.92 Å². The molecule has 0 bridgehead atoms. The summed E-state index contributed by atoms with van der Waals surface area (Å²) in [5.41, 5.74) is 2.08. The summed E-state index contributed by atoms with van der Waals surface area (Å²) in [7, 11) is 0. The molecule has 2 N–H and O–H groups in total. The van der Waals surface area contributed by atoms with Crippen LogP contribution in [0.5, 0.6) is 0 Å². The number of aromatic nitrogens is 3. The number of benzene rings is 1. The van der Waals surface area contributed by atoms with E-state index in [-0.39, 0.29) is 0 Å². The maximum absolute atomic E-state index is 4.42. The predicted octanol–water partition coefficient (Wildman–Crippen LogP) is 4.30. The Morgan fingerprint density at radius 2 is 1.83 bits per heavy atom. The van der Waals surface area contributed by atoms with Crippen molar-refractivity contribution in [1.29, 1.82) is 0 Å². The van der Waals surface area contributed by atoms with Gasteiger partial charge in [0, 0.05) is 35.2 Å². The van der Waals surface area contributed by atoms with Gasteiger partial charge in [0.2, 0.25) is 0 Å². The van der Waals surface area contributed by atoms with Crippen LogP contribution in [0.3, 0.4) is 0 Å². The van der Waals surface area contributed by atoms with Crippen molar-refractivity contribution < 1.29 is 0 Å². The molecule has 0 radical (unpaired) electrons. The number of anilines is 3. The molecule has 6 heteroatoms. The largest absolute Gasteiger partial charge is 0.366 e. The summed E-state index contributed by atoms with van der Waals surface area (Å²) in [6.45, 7) is 2.55. The van der Waals surface area contributed by atoms with Crippen molar-refractivity contribution in [3.8, 4) is 0 Å². The summed E-state index contributed by atoms with van der Waals surface area (Å²) in [5.74, 6) is 2.25. The van der Waals surface area contributed by atoms with Gasteiger partial charge >= 0.3 is 0 Å². The molecule has 0 aliphatic rings. The van der Waals surface area contributed by atoms with Crippen LogP contribution in [0.2, 0.25) is 0 Å². The van der Waals surface area contributed by atoms with E-state index in [0.29, 0.717) is 12.4 Å². The second kappa shape index (κ2) is 7.19. The maximum atomic E-state index is 4.42. The highest BCUT2D eigenvalue weighted by atomic mass is 79.9. The molecule has 0 fully saturated rings. The number of pyridine rings is 1. The first kappa shape index (κ1) is 15.4. The van der Waals surface area contributed by atoms with Crippen LogP contribution in [0.25, 0.3) is 0 Å². The fourth-order valence-electron chi connectivity index (χ4n) is 2.10. The Hall–Kier alpha value is -2.47. The first-order valence-corrected chi connectivity index (χ1v) is 7.99. The normalized spacial score (nSPS) is 10.3. The zero-order chi connectivity index (χ0) is 16.1. The monoisotopic (exact) mass is 369 g/mol. The quantitative estimate of drug-likeness (QED) is 0.701. The lowest BCUT2D eigenvalue weighted by molar-refractivity contribution is 1.02. The lowest BCUT2D eigenvalue weighted by Gasteiger charge is -2.10. The fourth-order valence-corrected chi connectivity index (χ4v) is 2.36. The van der Waals surface area contributed by atoms with Crippen molar-refractivity contribution in [3.05, 3.63) is 70.7 Å². The van der Waals surface area contributed by atoms with Gasteiger partial charge in [0.15, 0.2) is 0 Å². The van der Waals surface area contributed by atoms with Gasteiger partial charge in [-0.2, -0.15) is 0 Å². The number of nitrogens with zero attached hydrogens (tertiary/aromatic N) is 3. The zero-order valence-corrected chi connectivity index (χ0v) is 14.2. The summed E-state index contributed by atoms with van der Waals surface area (Å²) in [6.07, 6.45) is 3.60. The molecule has 3 aromatic rings. The van der Waals surface area contributed by atoms with Crippen molar-refractivity contribution in [3.63, 3.8) is 0 Å². The summed E-state index contributed by atoms with van der Waals surface area (Å²) in [5, 5.41) is 6.58. The molecule has 0 amide bonds. The standard InChI is InChI=1S/C17H16BrN5/c1-12-21-16(20-11-13-3-2-8-19-10-13)9-17(22-12)23-15-6-4-14(18)5-7-15/h2-10H,11H2,1H3,(H2,20,21,22,23). The molecule has 0 spiro atoms. The molecule has 116 valence electrons. The minimum Gasteiger partial charge on any atom is -0.366 e. The Bertz CT molecular complexity index is 775. The van der Waals surface area contributed by atoms with E-state index in [4.69, 9.17) is 0 Å². The Labute approximate surface area is 143 Å². The minimum absolute atomic E-state index is 0.669. The van der Waals surface area contributed by atoms with E-state index in [2.05, 4.69) is 41.5 Å². The molecule has 0 atom stereocenters. The molecular formula is C17H16BrN5. The highest BCUT2D eigenvalue weighted by Gasteiger charge is 2.03. The number of halogens is 1. The van der Waals surface area contributed by atoms with Gasteiger partial charge in [-0.25, -0.2) is 9.97 Å². The van der Waals surface area contributed by atoms with Gasteiger partial charge < -0.3 is 10.6 Å². The third-order valence-corrected chi connectivity index (χ3v) is 3.68. The van der Waals surface area contributed by atoms with Crippen molar-refractivity contribution >= 4 is 33.3 Å². The van der Waals surface area contributed by atoms with Crippen LogP contribution < -0.4 is 10.6 Å². The van der Waals surface area contributed by atoms with Crippen LogP contribution in [0.1, 0.15) is 11.4 Å². The number of nitrogens with one attached hydrogen (secondary N) is 2. The Balaban J connectivity index is 1.72. The Morgan fingerprint density at radius 1 is 1.04 bits per heavy atom. The van der Waals surface area contributed by atoms with E-state index in [9.17, 15) is 0 Å². The van der Waals surface area contributed by atoms with E-state index in [1.165, 1.54) is 0 Å². The highest BCUT2D eigenvalue weighted by Crippen LogP contribution is 2.20.